The van der Waals surface area contributed by atoms with E-state index in [4.69, 9.17) is 0 Å². The number of rotatable bonds is 3. The van der Waals surface area contributed by atoms with Crippen LogP contribution in [0.2, 0.25) is 0 Å². The molecule has 21 heavy (non-hydrogen) atoms. The average Bonchev–Trinajstić information content (AvgIpc) is 2.41. The van der Waals surface area contributed by atoms with Crippen molar-refractivity contribution in [1.29, 1.82) is 0 Å². The normalized spacial score (nSPS) is 20.6. The maximum atomic E-state index is 12.9. The maximum Gasteiger partial charge on any atom is 0.243 e. The number of carbonyl (C=O) groups excluding carboxylic acids is 1. The van der Waals surface area contributed by atoms with Gasteiger partial charge in [0.1, 0.15) is 6.04 Å². The minimum Gasteiger partial charge on any atom is -0.353 e. The van der Waals surface area contributed by atoms with Crippen LogP contribution in [0.1, 0.15) is 25.0 Å². The molecule has 1 saturated heterocycles. The molecule has 5 nitrogen and oxygen atoms in total. The second-order valence-corrected chi connectivity index (χ2v) is 7.73. The fourth-order valence-electron chi connectivity index (χ4n) is 2.58. The van der Waals surface area contributed by atoms with Crippen molar-refractivity contribution in [3.05, 3.63) is 29.3 Å². The Bertz CT molecular complexity index is 653. The van der Waals surface area contributed by atoms with Crippen molar-refractivity contribution >= 4 is 15.9 Å². The molecule has 1 aromatic rings. The summed E-state index contributed by atoms with van der Waals surface area (Å²) in [4.78, 5) is 12.3. The first-order valence-electron chi connectivity index (χ1n) is 7.12. The van der Waals surface area contributed by atoms with Gasteiger partial charge in [-0.15, -0.1) is 0 Å². The highest BCUT2D eigenvalue weighted by Gasteiger charge is 2.40. The second kappa shape index (κ2) is 5.77. The number of benzene rings is 1. The van der Waals surface area contributed by atoms with Crippen molar-refractivity contribution in [3.8, 4) is 0 Å². The molecule has 1 aromatic carbocycles. The van der Waals surface area contributed by atoms with Crippen molar-refractivity contribution in [2.45, 2.75) is 38.6 Å². The minimum absolute atomic E-state index is 0.0772. The molecule has 6 heteroatoms. The molecule has 116 valence electrons. The number of amides is 1. The lowest BCUT2D eigenvalue weighted by atomic mass is 10.0. The van der Waals surface area contributed by atoms with Crippen LogP contribution in [0.15, 0.2) is 23.1 Å². The van der Waals surface area contributed by atoms with Gasteiger partial charge >= 0.3 is 0 Å². The number of carbonyl (C=O) groups is 1. The summed E-state index contributed by atoms with van der Waals surface area (Å²) in [6.07, 6.45) is 0. The number of hydrogen-bond acceptors (Lipinski definition) is 3. The van der Waals surface area contributed by atoms with Crippen LogP contribution in [-0.4, -0.2) is 37.8 Å². The van der Waals surface area contributed by atoms with E-state index in [-0.39, 0.29) is 16.7 Å². The van der Waals surface area contributed by atoms with E-state index >= 15 is 0 Å². The Morgan fingerprint density at radius 3 is 2.48 bits per heavy atom. The first-order chi connectivity index (χ1) is 9.75. The van der Waals surface area contributed by atoms with E-state index in [1.807, 2.05) is 27.7 Å². The number of piperazine rings is 1. The quantitative estimate of drug-likeness (QED) is 0.919. The lowest BCUT2D eigenvalue weighted by Crippen LogP contribution is -2.59. The summed E-state index contributed by atoms with van der Waals surface area (Å²) in [6.45, 7) is 8.21. The molecular weight excluding hydrogens is 288 g/mol. The number of sulfonamides is 1. The molecule has 1 fully saturated rings. The zero-order valence-electron chi connectivity index (χ0n) is 12.9. The Balaban J connectivity index is 2.45. The van der Waals surface area contributed by atoms with Gasteiger partial charge in [0.05, 0.1) is 4.90 Å². The third kappa shape index (κ3) is 2.96. The van der Waals surface area contributed by atoms with Crippen LogP contribution in [0.5, 0.6) is 0 Å². The van der Waals surface area contributed by atoms with Gasteiger partial charge in [0.15, 0.2) is 0 Å². The number of aryl methyl sites for hydroxylation is 2. The molecule has 0 aromatic heterocycles. The largest absolute Gasteiger partial charge is 0.353 e. The molecule has 0 spiro atoms. The highest BCUT2D eigenvalue weighted by Crippen LogP contribution is 2.25. The van der Waals surface area contributed by atoms with E-state index in [1.54, 1.807) is 18.2 Å². The minimum atomic E-state index is -3.66. The summed E-state index contributed by atoms with van der Waals surface area (Å²) < 4.78 is 27.0. The van der Waals surface area contributed by atoms with Crippen molar-refractivity contribution in [1.82, 2.24) is 9.62 Å². The zero-order chi connectivity index (χ0) is 15.8. The third-order valence-electron chi connectivity index (χ3n) is 3.93. The predicted molar refractivity (Wildman–Crippen MR) is 81.4 cm³/mol. The standard InChI is InChI=1S/C15H22N2O3S/c1-10(2)14-15(18)16-7-8-17(14)21(19,20)13-6-5-11(3)12(4)9-13/h5-6,9-10,14H,7-8H2,1-4H3,(H,16,18). The molecule has 1 aliphatic rings. The molecule has 1 N–H and O–H groups in total. The lowest BCUT2D eigenvalue weighted by Gasteiger charge is -2.36. The summed E-state index contributed by atoms with van der Waals surface area (Å²) in [5.74, 6) is -0.296. The zero-order valence-corrected chi connectivity index (χ0v) is 13.7. The van der Waals surface area contributed by atoms with Gasteiger partial charge in [0.2, 0.25) is 15.9 Å². The summed E-state index contributed by atoms with van der Waals surface area (Å²) in [5, 5.41) is 2.74. The molecule has 0 aliphatic carbocycles. The topological polar surface area (TPSA) is 66.5 Å². The van der Waals surface area contributed by atoms with Crippen LogP contribution in [0.25, 0.3) is 0 Å². The highest BCUT2D eigenvalue weighted by molar-refractivity contribution is 7.89. The molecule has 2 rings (SSSR count). The van der Waals surface area contributed by atoms with Gasteiger partial charge in [-0.05, 0) is 43.0 Å². The monoisotopic (exact) mass is 310 g/mol. The third-order valence-corrected chi connectivity index (χ3v) is 5.80. The lowest BCUT2D eigenvalue weighted by molar-refractivity contribution is -0.128. The Labute approximate surface area is 126 Å². The molecule has 1 aliphatic heterocycles. The molecule has 0 bridgehead atoms. The van der Waals surface area contributed by atoms with Crippen LogP contribution in [0.4, 0.5) is 0 Å². The van der Waals surface area contributed by atoms with E-state index in [0.29, 0.717) is 13.1 Å². The Hall–Kier alpha value is -1.40. The molecule has 1 unspecified atom stereocenters. The van der Waals surface area contributed by atoms with Crippen molar-refractivity contribution < 1.29 is 13.2 Å². The van der Waals surface area contributed by atoms with Crippen LogP contribution < -0.4 is 5.32 Å². The van der Waals surface area contributed by atoms with E-state index in [9.17, 15) is 13.2 Å². The van der Waals surface area contributed by atoms with Gasteiger partial charge in [0.25, 0.3) is 0 Å². The van der Waals surface area contributed by atoms with Gasteiger partial charge in [-0.3, -0.25) is 4.79 Å². The second-order valence-electron chi connectivity index (χ2n) is 5.84. The number of nitrogens with one attached hydrogen (secondary N) is 1. The van der Waals surface area contributed by atoms with Crippen LogP contribution in [-0.2, 0) is 14.8 Å². The van der Waals surface area contributed by atoms with Crippen LogP contribution in [0, 0.1) is 19.8 Å². The SMILES string of the molecule is Cc1ccc(S(=O)(=O)N2CCNC(=O)C2C(C)C)cc1C. The molecule has 1 atom stereocenters. The molecule has 0 saturated carbocycles. The van der Waals surface area contributed by atoms with Crippen molar-refractivity contribution in [2.24, 2.45) is 5.92 Å². The van der Waals surface area contributed by atoms with Gasteiger partial charge in [0, 0.05) is 13.1 Å². The molecular formula is C15H22N2O3S. The van der Waals surface area contributed by atoms with Gasteiger partial charge < -0.3 is 5.32 Å². The molecule has 0 radical (unpaired) electrons. The predicted octanol–water partition coefficient (Wildman–Crippen LogP) is 1.45. The van der Waals surface area contributed by atoms with E-state index < -0.39 is 16.1 Å². The first-order valence-corrected chi connectivity index (χ1v) is 8.56. The summed E-state index contributed by atoms with van der Waals surface area (Å²) >= 11 is 0. The smallest absolute Gasteiger partial charge is 0.243 e. The fraction of sp³-hybridized carbons (Fsp3) is 0.533. The Kier molecular flexibility index (Phi) is 4.39. The molecule has 1 amide bonds. The Morgan fingerprint density at radius 1 is 1.24 bits per heavy atom. The summed E-state index contributed by atoms with van der Waals surface area (Å²) in [5.41, 5.74) is 1.98. The summed E-state index contributed by atoms with van der Waals surface area (Å²) in [6, 6.07) is 4.44. The number of hydrogen-bond donors (Lipinski definition) is 1. The van der Waals surface area contributed by atoms with Crippen molar-refractivity contribution in [2.75, 3.05) is 13.1 Å². The first kappa shape index (κ1) is 16.0. The number of nitrogens with zero attached hydrogens (tertiary/aromatic N) is 1. The van der Waals surface area contributed by atoms with Gasteiger partial charge in [-0.25, -0.2) is 8.42 Å². The van der Waals surface area contributed by atoms with E-state index in [1.165, 1.54) is 4.31 Å². The fourth-order valence-corrected chi connectivity index (χ4v) is 4.38. The molecule has 1 heterocycles. The average molecular weight is 310 g/mol. The van der Waals surface area contributed by atoms with E-state index in [2.05, 4.69) is 5.32 Å². The Morgan fingerprint density at radius 2 is 1.90 bits per heavy atom. The van der Waals surface area contributed by atoms with Gasteiger partial charge in [-0.2, -0.15) is 4.31 Å². The maximum absolute atomic E-state index is 12.9. The van der Waals surface area contributed by atoms with Crippen LogP contribution in [0.3, 0.4) is 0 Å². The van der Waals surface area contributed by atoms with E-state index in [0.717, 1.165) is 11.1 Å². The van der Waals surface area contributed by atoms with Crippen molar-refractivity contribution in [3.63, 3.8) is 0 Å². The van der Waals surface area contributed by atoms with Crippen LogP contribution >= 0.6 is 0 Å². The van der Waals surface area contributed by atoms with Gasteiger partial charge in [-0.1, -0.05) is 19.9 Å². The highest BCUT2D eigenvalue weighted by atomic mass is 32.2. The summed E-state index contributed by atoms with van der Waals surface area (Å²) in [7, 11) is -3.66.